The molecular weight excluding hydrogens is 177 g/mol. The molecule has 2 unspecified atom stereocenters. The molecule has 14 heavy (non-hydrogen) atoms. The lowest BCUT2D eigenvalue weighted by Gasteiger charge is -2.24. The third-order valence-electron chi connectivity index (χ3n) is 3.20. The van der Waals surface area contributed by atoms with Crippen LogP contribution in [0, 0.1) is 11.7 Å². The van der Waals surface area contributed by atoms with Gasteiger partial charge in [-0.2, -0.15) is 0 Å². The normalized spacial score (nSPS) is 32.1. The fourth-order valence-electron chi connectivity index (χ4n) is 2.39. The van der Waals surface area contributed by atoms with E-state index < -0.39 is 0 Å². The lowest BCUT2D eigenvalue weighted by molar-refractivity contribution is 0.437. The summed E-state index contributed by atoms with van der Waals surface area (Å²) in [4.78, 5) is 0. The predicted molar refractivity (Wildman–Crippen MR) is 55.3 cm³/mol. The van der Waals surface area contributed by atoms with E-state index in [1.807, 2.05) is 6.07 Å². The van der Waals surface area contributed by atoms with Crippen molar-refractivity contribution in [1.82, 2.24) is 0 Å². The summed E-state index contributed by atoms with van der Waals surface area (Å²) in [7, 11) is 0. The van der Waals surface area contributed by atoms with Crippen LogP contribution in [0.5, 0.6) is 0 Å². The van der Waals surface area contributed by atoms with E-state index in [-0.39, 0.29) is 11.4 Å². The van der Waals surface area contributed by atoms with Gasteiger partial charge in [0.15, 0.2) is 0 Å². The summed E-state index contributed by atoms with van der Waals surface area (Å²) in [6.07, 6.45) is 3.08. The van der Waals surface area contributed by atoms with Crippen molar-refractivity contribution in [3.05, 3.63) is 35.6 Å². The van der Waals surface area contributed by atoms with Crippen LogP contribution in [0.2, 0.25) is 0 Å². The lowest BCUT2D eigenvalue weighted by atomic mass is 9.88. The summed E-state index contributed by atoms with van der Waals surface area (Å²) >= 11 is 0. The molecule has 0 bridgehead atoms. The Morgan fingerprint density at radius 1 is 1.50 bits per heavy atom. The second-order valence-electron chi connectivity index (χ2n) is 4.51. The highest BCUT2D eigenvalue weighted by molar-refractivity contribution is 5.26. The van der Waals surface area contributed by atoms with Gasteiger partial charge in [0, 0.05) is 5.54 Å². The van der Waals surface area contributed by atoms with E-state index in [0.29, 0.717) is 5.92 Å². The van der Waals surface area contributed by atoms with Gasteiger partial charge in [0.05, 0.1) is 0 Å². The molecule has 2 N–H and O–H groups in total. The quantitative estimate of drug-likeness (QED) is 0.729. The van der Waals surface area contributed by atoms with Crippen LogP contribution in [0.25, 0.3) is 0 Å². The van der Waals surface area contributed by atoms with Gasteiger partial charge in [-0.3, -0.25) is 0 Å². The Morgan fingerprint density at radius 2 is 2.29 bits per heavy atom. The summed E-state index contributed by atoms with van der Waals surface area (Å²) in [6.45, 7) is 2.20. The van der Waals surface area contributed by atoms with Crippen molar-refractivity contribution in [2.45, 2.75) is 31.7 Å². The zero-order valence-electron chi connectivity index (χ0n) is 8.46. The van der Waals surface area contributed by atoms with E-state index in [4.69, 9.17) is 5.73 Å². The molecule has 1 nitrogen and oxygen atoms in total. The molecule has 2 rings (SSSR count). The molecular formula is C12H16FN. The van der Waals surface area contributed by atoms with Gasteiger partial charge in [-0.1, -0.05) is 19.1 Å². The molecule has 0 aliphatic heterocycles. The summed E-state index contributed by atoms with van der Waals surface area (Å²) in [5.41, 5.74) is 6.93. The summed E-state index contributed by atoms with van der Waals surface area (Å²) in [6, 6.07) is 6.70. The number of hydrogen-bond donors (Lipinski definition) is 1. The molecule has 1 saturated carbocycles. The largest absolute Gasteiger partial charge is 0.321 e. The van der Waals surface area contributed by atoms with E-state index in [2.05, 4.69) is 6.92 Å². The van der Waals surface area contributed by atoms with Gasteiger partial charge in [-0.25, -0.2) is 4.39 Å². The molecule has 76 valence electrons. The van der Waals surface area contributed by atoms with Crippen molar-refractivity contribution in [2.24, 2.45) is 11.7 Å². The van der Waals surface area contributed by atoms with Gasteiger partial charge in [0.25, 0.3) is 0 Å². The smallest absolute Gasteiger partial charge is 0.123 e. The Morgan fingerprint density at radius 3 is 2.86 bits per heavy atom. The van der Waals surface area contributed by atoms with Crippen LogP contribution in [0.4, 0.5) is 4.39 Å². The lowest BCUT2D eigenvalue weighted by Crippen LogP contribution is -2.33. The standard InChI is InChI=1S/C12H16FN/c1-9-5-6-12(14,8-9)10-3-2-4-11(13)7-10/h2-4,7,9H,5-6,8,14H2,1H3. The first-order chi connectivity index (χ1) is 6.60. The van der Waals surface area contributed by atoms with E-state index in [1.165, 1.54) is 6.07 Å². The first-order valence-electron chi connectivity index (χ1n) is 5.15. The fourth-order valence-corrected chi connectivity index (χ4v) is 2.39. The molecule has 0 radical (unpaired) electrons. The average molecular weight is 193 g/mol. The topological polar surface area (TPSA) is 26.0 Å². The Balaban J connectivity index is 2.30. The minimum Gasteiger partial charge on any atom is -0.321 e. The van der Waals surface area contributed by atoms with Crippen molar-refractivity contribution in [1.29, 1.82) is 0 Å². The third kappa shape index (κ3) is 1.67. The minimum absolute atomic E-state index is 0.188. The summed E-state index contributed by atoms with van der Waals surface area (Å²) in [5.74, 6) is 0.468. The van der Waals surface area contributed by atoms with Crippen molar-refractivity contribution in [3.63, 3.8) is 0 Å². The van der Waals surface area contributed by atoms with Crippen LogP contribution in [-0.2, 0) is 5.54 Å². The minimum atomic E-state index is -0.290. The zero-order chi connectivity index (χ0) is 10.2. The van der Waals surface area contributed by atoms with Gasteiger partial charge in [-0.05, 0) is 42.9 Å². The SMILES string of the molecule is CC1CCC(N)(c2cccc(F)c2)C1. The maximum Gasteiger partial charge on any atom is 0.123 e. The monoisotopic (exact) mass is 193 g/mol. The number of nitrogens with two attached hydrogens (primary N) is 1. The van der Waals surface area contributed by atoms with Crippen LogP contribution in [0.3, 0.4) is 0 Å². The molecule has 1 aromatic rings. The third-order valence-corrected chi connectivity index (χ3v) is 3.20. The van der Waals surface area contributed by atoms with E-state index in [9.17, 15) is 4.39 Å². The zero-order valence-corrected chi connectivity index (χ0v) is 8.46. The Hall–Kier alpha value is -0.890. The Kier molecular flexibility index (Phi) is 2.31. The molecule has 1 aliphatic carbocycles. The second kappa shape index (κ2) is 3.35. The van der Waals surface area contributed by atoms with Crippen molar-refractivity contribution in [3.8, 4) is 0 Å². The average Bonchev–Trinajstić information content (AvgIpc) is 2.48. The number of halogens is 1. The van der Waals surface area contributed by atoms with Gasteiger partial charge in [0.1, 0.15) is 5.82 Å². The van der Waals surface area contributed by atoms with Gasteiger partial charge < -0.3 is 5.73 Å². The van der Waals surface area contributed by atoms with Crippen LogP contribution < -0.4 is 5.73 Å². The molecule has 0 spiro atoms. The van der Waals surface area contributed by atoms with E-state index >= 15 is 0 Å². The number of hydrogen-bond acceptors (Lipinski definition) is 1. The maximum absolute atomic E-state index is 13.0. The van der Waals surface area contributed by atoms with E-state index in [1.54, 1.807) is 12.1 Å². The van der Waals surface area contributed by atoms with Crippen LogP contribution in [0.1, 0.15) is 31.7 Å². The van der Waals surface area contributed by atoms with Crippen LogP contribution in [0.15, 0.2) is 24.3 Å². The van der Waals surface area contributed by atoms with Gasteiger partial charge in [-0.15, -0.1) is 0 Å². The molecule has 2 atom stereocenters. The molecule has 0 aromatic heterocycles. The van der Waals surface area contributed by atoms with Crippen LogP contribution >= 0.6 is 0 Å². The van der Waals surface area contributed by atoms with E-state index in [0.717, 1.165) is 24.8 Å². The number of benzene rings is 1. The van der Waals surface area contributed by atoms with Gasteiger partial charge in [0.2, 0.25) is 0 Å². The second-order valence-corrected chi connectivity index (χ2v) is 4.51. The molecule has 0 heterocycles. The molecule has 1 aliphatic rings. The first-order valence-corrected chi connectivity index (χ1v) is 5.15. The number of rotatable bonds is 1. The summed E-state index contributed by atoms with van der Waals surface area (Å²) in [5, 5.41) is 0. The molecule has 0 amide bonds. The van der Waals surface area contributed by atoms with Crippen molar-refractivity contribution in [2.75, 3.05) is 0 Å². The van der Waals surface area contributed by atoms with Crippen molar-refractivity contribution >= 4 is 0 Å². The highest BCUT2D eigenvalue weighted by Gasteiger charge is 2.35. The molecule has 2 heteroatoms. The van der Waals surface area contributed by atoms with Crippen molar-refractivity contribution < 1.29 is 4.39 Å². The maximum atomic E-state index is 13.0. The highest BCUT2D eigenvalue weighted by atomic mass is 19.1. The molecule has 0 saturated heterocycles. The van der Waals surface area contributed by atoms with Crippen LogP contribution in [-0.4, -0.2) is 0 Å². The van der Waals surface area contributed by atoms with Gasteiger partial charge >= 0.3 is 0 Å². The fraction of sp³-hybridized carbons (Fsp3) is 0.500. The molecule has 1 aromatic carbocycles. The predicted octanol–water partition coefficient (Wildman–Crippen LogP) is 2.80. The summed E-state index contributed by atoms with van der Waals surface area (Å²) < 4.78 is 13.0. The molecule has 1 fully saturated rings. The Labute approximate surface area is 84.1 Å². The Bertz CT molecular complexity index is 337. The first kappa shape index (κ1) is 9.66. The highest BCUT2D eigenvalue weighted by Crippen LogP contribution is 2.39.